The van der Waals surface area contributed by atoms with Crippen molar-refractivity contribution < 1.29 is 17.6 Å². The Morgan fingerprint density at radius 1 is 1.47 bits per heavy atom. The van der Waals surface area contributed by atoms with E-state index in [9.17, 15) is 17.6 Å². The third-order valence-electron chi connectivity index (χ3n) is 2.21. The molecule has 2 N–H and O–H groups in total. The highest BCUT2D eigenvalue weighted by Gasteiger charge is 2.13. The number of hydrogen-bond donors (Lipinski definition) is 2. The third kappa shape index (κ3) is 5.04. The summed E-state index contributed by atoms with van der Waals surface area (Å²) in [7, 11) is -3.59. The summed E-state index contributed by atoms with van der Waals surface area (Å²) >= 11 is 5.54. The number of anilines is 2. The van der Waals surface area contributed by atoms with Gasteiger partial charge in [-0.3, -0.25) is 9.52 Å². The van der Waals surface area contributed by atoms with E-state index in [1.807, 2.05) is 4.72 Å². The lowest BCUT2D eigenvalue weighted by Gasteiger charge is -2.11. The van der Waals surface area contributed by atoms with Crippen molar-refractivity contribution in [2.24, 2.45) is 5.92 Å². The van der Waals surface area contributed by atoms with E-state index in [1.165, 1.54) is 12.1 Å². The summed E-state index contributed by atoms with van der Waals surface area (Å²) in [6, 6.07) is 3.60. The highest BCUT2D eigenvalue weighted by atomic mass is 35.5. The van der Waals surface area contributed by atoms with Gasteiger partial charge in [-0.2, -0.15) is 0 Å². The Kier molecular flexibility index (Phi) is 5.13. The number of nitrogens with one attached hydrogen (secondary N) is 2. The summed E-state index contributed by atoms with van der Waals surface area (Å²) in [4.78, 5) is 11.6. The monoisotopic (exact) mass is 308 g/mol. The van der Waals surface area contributed by atoms with Crippen molar-refractivity contribution in [3.8, 4) is 0 Å². The average Bonchev–Trinajstić information content (AvgIpc) is 2.30. The van der Waals surface area contributed by atoms with Gasteiger partial charge >= 0.3 is 0 Å². The van der Waals surface area contributed by atoms with Crippen LogP contribution in [0.15, 0.2) is 18.2 Å². The van der Waals surface area contributed by atoms with Crippen LogP contribution < -0.4 is 10.0 Å². The Morgan fingerprint density at radius 2 is 2.11 bits per heavy atom. The SMILES string of the molecule is CC(CCl)C(=O)Nc1ccc(F)c(NS(C)(=O)=O)c1. The summed E-state index contributed by atoms with van der Waals surface area (Å²) in [6.07, 6.45) is 0.910. The molecule has 5 nitrogen and oxygen atoms in total. The highest BCUT2D eigenvalue weighted by Crippen LogP contribution is 2.21. The molecule has 0 radical (unpaired) electrons. The fourth-order valence-corrected chi connectivity index (χ4v) is 1.91. The molecule has 0 aliphatic heterocycles. The van der Waals surface area contributed by atoms with Crippen LogP contribution in [0.3, 0.4) is 0 Å². The maximum atomic E-state index is 13.4. The molecule has 0 saturated carbocycles. The minimum absolute atomic E-state index is 0.154. The number of alkyl halides is 1. The Labute approximate surface area is 116 Å². The van der Waals surface area contributed by atoms with Crippen LogP contribution in [0.2, 0.25) is 0 Å². The van der Waals surface area contributed by atoms with E-state index in [2.05, 4.69) is 5.32 Å². The number of carbonyl (C=O) groups excluding carboxylic acids is 1. The summed E-state index contributed by atoms with van der Waals surface area (Å²) in [5, 5.41) is 2.52. The van der Waals surface area contributed by atoms with E-state index in [0.29, 0.717) is 0 Å². The molecule has 1 unspecified atom stereocenters. The number of carbonyl (C=O) groups is 1. The molecule has 106 valence electrons. The van der Waals surface area contributed by atoms with Gasteiger partial charge < -0.3 is 5.32 Å². The number of sulfonamides is 1. The van der Waals surface area contributed by atoms with Gasteiger partial charge in [-0.05, 0) is 18.2 Å². The smallest absolute Gasteiger partial charge is 0.229 e. The molecule has 1 aromatic carbocycles. The van der Waals surface area contributed by atoms with E-state index in [0.717, 1.165) is 12.3 Å². The zero-order chi connectivity index (χ0) is 14.6. The van der Waals surface area contributed by atoms with Crippen molar-refractivity contribution >= 4 is 38.9 Å². The summed E-state index contributed by atoms with van der Waals surface area (Å²) in [6.45, 7) is 1.64. The first-order valence-corrected chi connectivity index (χ1v) is 7.79. The Balaban J connectivity index is 2.93. The number of amides is 1. The van der Waals surface area contributed by atoms with Crippen LogP contribution in [0.4, 0.5) is 15.8 Å². The standard InChI is InChI=1S/C11H14ClFN2O3S/c1-7(6-12)11(16)14-8-3-4-9(13)10(5-8)15-19(2,17)18/h3-5,7,15H,6H2,1-2H3,(H,14,16). The van der Waals surface area contributed by atoms with E-state index >= 15 is 0 Å². The van der Waals surface area contributed by atoms with Crippen LogP contribution in [0.25, 0.3) is 0 Å². The average molecular weight is 309 g/mol. The van der Waals surface area contributed by atoms with Crippen molar-refractivity contribution in [1.29, 1.82) is 0 Å². The molecule has 0 aromatic heterocycles. The first kappa shape index (κ1) is 15.7. The molecule has 0 fully saturated rings. The molecular formula is C11H14ClFN2O3S. The molecule has 1 amide bonds. The second-order valence-electron chi connectivity index (χ2n) is 4.11. The van der Waals surface area contributed by atoms with E-state index in [1.54, 1.807) is 6.92 Å². The maximum Gasteiger partial charge on any atom is 0.229 e. The van der Waals surface area contributed by atoms with Gasteiger partial charge in [0, 0.05) is 17.5 Å². The van der Waals surface area contributed by atoms with Gasteiger partial charge in [-0.25, -0.2) is 12.8 Å². The van der Waals surface area contributed by atoms with Crippen LogP contribution in [0, 0.1) is 11.7 Å². The van der Waals surface area contributed by atoms with Crippen LogP contribution in [0.5, 0.6) is 0 Å². The first-order valence-electron chi connectivity index (χ1n) is 5.37. The minimum Gasteiger partial charge on any atom is -0.326 e. The largest absolute Gasteiger partial charge is 0.326 e. The Hall–Kier alpha value is -1.34. The number of benzene rings is 1. The molecule has 19 heavy (non-hydrogen) atoms. The van der Waals surface area contributed by atoms with E-state index in [4.69, 9.17) is 11.6 Å². The van der Waals surface area contributed by atoms with Gasteiger partial charge in [0.05, 0.1) is 11.9 Å². The molecule has 0 spiro atoms. The van der Waals surface area contributed by atoms with Crippen molar-refractivity contribution in [2.45, 2.75) is 6.92 Å². The van der Waals surface area contributed by atoms with Crippen LogP contribution in [-0.4, -0.2) is 26.5 Å². The third-order valence-corrected chi connectivity index (χ3v) is 3.26. The van der Waals surface area contributed by atoms with Gasteiger partial charge in [-0.1, -0.05) is 6.92 Å². The predicted molar refractivity (Wildman–Crippen MR) is 73.4 cm³/mol. The molecule has 0 bridgehead atoms. The van der Waals surface area contributed by atoms with Crippen LogP contribution in [0.1, 0.15) is 6.92 Å². The van der Waals surface area contributed by atoms with E-state index in [-0.39, 0.29) is 23.2 Å². The van der Waals surface area contributed by atoms with Gasteiger partial charge in [0.15, 0.2) is 0 Å². The van der Waals surface area contributed by atoms with Crippen molar-refractivity contribution in [1.82, 2.24) is 0 Å². The van der Waals surface area contributed by atoms with Crippen molar-refractivity contribution in [2.75, 3.05) is 22.2 Å². The summed E-state index contributed by atoms with van der Waals surface area (Å²) in [5.41, 5.74) is 0.0633. The Bertz CT molecular complexity index is 577. The molecule has 1 atom stereocenters. The number of halogens is 2. The fraction of sp³-hybridized carbons (Fsp3) is 0.364. The molecular weight excluding hydrogens is 295 g/mol. The van der Waals surface area contributed by atoms with E-state index < -0.39 is 21.8 Å². The normalized spacial score (nSPS) is 12.8. The molecule has 0 aliphatic carbocycles. The second-order valence-corrected chi connectivity index (χ2v) is 6.17. The maximum absolute atomic E-state index is 13.4. The molecule has 1 aromatic rings. The molecule has 8 heteroatoms. The van der Waals surface area contributed by atoms with Crippen molar-refractivity contribution in [3.05, 3.63) is 24.0 Å². The summed E-state index contributed by atoms with van der Waals surface area (Å²) < 4.78 is 37.5. The minimum atomic E-state index is -3.59. The van der Waals surface area contributed by atoms with Crippen molar-refractivity contribution in [3.63, 3.8) is 0 Å². The second kappa shape index (κ2) is 6.21. The van der Waals surface area contributed by atoms with Gasteiger partial charge in [0.25, 0.3) is 0 Å². The molecule has 0 saturated heterocycles. The summed E-state index contributed by atoms with van der Waals surface area (Å²) in [5.74, 6) is -1.31. The molecule has 1 rings (SSSR count). The van der Waals surface area contributed by atoms with Gasteiger partial charge in [-0.15, -0.1) is 11.6 Å². The quantitative estimate of drug-likeness (QED) is 0.817. The fourth-order valence-electron chi connectivity index (χ4n) is 1.22. The van der Waals surface area contributed by atoms with Crippen LogP contribution >= 0.6 is 11.6 Å². The zero-order valence-corrected chi connectivity index (χ0v) is 12.0. The zero-order valence-electron chi connectivity index (χ0n) is 10.4. The lowest BCUT2D eigenvalue weighted by atomic mass is 10.2. The lowest BCUT2D eigenvalue weighted by Crippen LogP contribution is -2.21. The number of hydrogen-bond acceptors (Lipinski definition) is 3. The predicted octanol–water partition coefficient (Wildman–Crippen LogP) is 2.01. The topological polar surface area (TPSA) is 75.3 Å². The molecule has 0 aliphatic rings. The molecule has 0 heterocycles. The Morgan fingerprint density at radius 3 is 2.63 bits per heavy atom. The number of rotatable bonds is 5. The van der Waals surface area contributed by atoms with Gasteiger partial charge in [0.1, 0.15) is 5.82 Å². The lowest BCUT2D eigenvalue weighted by molar-refractivity contribution is -0.118. The first-order chi connectivity index (χ1) is 8.73. The van der Waals surface area contributed by atoms with Crippen LogP contribution in [-0.2, 0) is 14.8 Å². The van der Waals surface area contributed by atoms with Gasteiger partial charge in [0.2, 0.25) is 15.9 Å². The highest BCUT2D eigenvalue weighted by molar-refractivity contribution is 7.92.